The van der Waals surface area contributed by atoms with Crippen LogP contribution in [0.25, 0.3) is 0 Å². The third-order valence-corrected chi connectivity index (χ3v) is 5.06. The molecule has 0 radical (unpaired) electrons. The van der Waals surface area contributed by atoms with E-state index in [1.807, 2.05) is 30.5 Å². The first-order valence-electron chi connectivity index (χ1n) is 8.17. The van der Waals surface area contributed by atoms with Crippen LogP contribution in [-0.2, 0) is 11.3 Å². The second-order valence-corrected chi connectivity index (χ2v) is 7.01. The summed E-state index contributed by atoms with van der Waals surface area (Å²) < 4.78 is 13.0. The maximum Gasteiger partial charge on any atom is 0.279 e. The van der Waals surface area contributed by atoms with E-state index < -0.39 is 0 Å². The Hall–Kier alpha value is -1.85. The molecule has 0 saturated heterocycles. The average molecular weight is 345 g/mol. The molecule has 3 nitrogen and oxygen atoms in total. The maximum atomic E-state index is 13.0. The average Bonchev–Trinajstić information content (AvgIpc) is 3.42. The van der Waals surface area contributed by atoms with Gasteiger partial charge in [0.15, 0.2) is 6.54 Å². The monoisotopic (exact) mass is 345 g/mol. The number of para-hydroxylation sites is 1. The Bertz CT molecular complexity index is 701. The first-order valence-corrected chi connectivity index (χ1v) is 9.40. The molecule has 1 atom stereocenters. The molecule has 2 N–H and O–H groups in total. The molecule has 0 spiro atoms. The van der Waals surface area contributed by atoms with E-state index >= 15 is 0 Å². The number of anilines is 1. The summed E-state index contributed by atoms with van der Waals surface area (Å²) in [5, 5.41) is 3.03. The van der Waals surface area contributed by atoms with Gasteiger partial charge in [0.05, 0.1) is 11.7 Å². The molecular formula is C19H22FN2OS+. The van der Waals surface area contributed by atoms with E-state index in [0.717, 1.165) is 35.5 Å². The molecule has 126 valence electrons. The molecular weight excluding hydrogens is 323 g/mol. The summed E-state index contributed by atoms with van der Waals surface area (Å²) in [6.45, 7) is 1.19. The Morgan fingerprint density at radius 1 is 1.21 bits per heavy atom. The zero-order valence-electron chi connectivity index (χ0n) is 13.7. The van der Waals surface area contributed by atoms with Crippen molar-refractivity contribution in [3.8, 4) is 0 Å². The number of benzene rings is 2. The van der Waals surface area contributed by atoms with Gasteiger partial charge in [-0.3, -0.25) is 4.79 Å². The number of carbonyl (C=O) groups is 1. The fourth-order valence-corrected chi connectivity index (χ4v) is 3.41. The fourth-order valence-electron chi connectivity index (χ4n) is 2.86. The van der Waals surface area contributed by atoms with Crippen LogP contribution in [0, 0.1) is 5.82 Å². The van der Waals surface area contributed by atoms with Crippen LogP contribution in [0.2, 0.25) is 0 Å². The highest BCUT2D eigenvalue weighted by Crippen LogP contribution is 2.24. The van der Waals surface area contributed by atoms with Crippen LogP contribution >= 0.6 is 11.8 Å². The van der Waals surface area contributed by atoms with Crippen LogP contribution in [0.3, 0.4) is 0 Å². The summed E-state index contributed by atoms with van der Waals surface area (Å²) in [5.74, 6) is -0.196. The first-order chi connectivity index (χ1) is 11.7. The van der Waals surface area contributed by atoms with Crippen LogP contribution in [0.4, 0.5) is 10.1 Å². The molecule has 0 heterocycles. The number of quaternary nitrogens is 1. The lowest BCUT2D eigenvalue weighted by molar-refractivity contribution is -0.916. The second-order valence-electron chi connectivity index (χ2n) is 6.16. The van der Waals surface area contributed by atoms with Crippen LogP contribution in [0.5, 0.6) is 0 Å². The van der Waals surface area contributed by atoms with Gasteiger partial charge in [-0.05, 0) is 30.5 Å². The third-order valence-electron chi connectivity index (χ3n) is 4.27. The standard InChI is InChI=1S/C19H21FN2OS/c1-24-18-5-3-2-4-17(18)21-19(23)13-22(16-10-11-16)12-14-6-8-15(20)9-7-14/h2-9,16H,10-13H2,1H3,(H,21,23)/p+1. The molecule has 0 aromatic heterocycles. The van der Waals surface area contributed by atoms with E-state index in [2.05, 4.69) is 5.32 Å². The number of hydrogen-bond donors (Lipinski definition) is 2. The van der Waals surface area contributed by atoms with Gasteiger partial charge in [0.25, 0.3) is 5.91 Å². The highest BCUT2D eigenvalue weighted by Gasteiger charge is 2.34. The quantitative estimate of drug-likeness (QED) is 0.757. The van der Waals surface area contributed by atoms with E-state index in [-0.39, 0.29) is 11.7 Å². The molecule has 2 aromatic rings. The van der Waals surface area contributed by atoms with Crippen molar-refractivity contribution in [1.82, 2.24) is 0 Å². The van der Waals surface area contributed by atoms with Gasteiger partial charge >= 0.3 is 0 Å². The predicted octanol–water partition coefficient (Wildman–Crippen LogP) is 2.73. The van der Waals surface area contributed by atoms with E-state index in [9.17, 15) is 9.18 Å². The zero-order valence-corrected chi connectivity index (χ0v) is 14.5. The lowest BCUT2D eigenvalue weighted by atomic mass is 10.2. The number of amides is 1. The molecule has 2 aromatic carbocycles. The Kier molecular flexibility index (Phi) is 5.53. The molecule has 1 fully saturated rings. The summed E-state index contributed by atoms with van der Waals surface area (Å²) >= 11 is 1.62. The van der Waals surface area contributed by atoms with E-state index in [0.29, 0.717) is 12.6 Å². The number of nitrogens with one attached hydrogen (secondary N) is 2. The van der Waals surface area contributed by atoms with Crippen molar-refractivity contribution in [2.75, 3.05) is 18.1 Å². The third kappa shape index (κ3) is 4.58. The highest BCUT2D eigenvalue weighted by molar-refractivity contribution is 7.98. The Morgan fingerprint density at radius 3 is 2.58 bits per heavy atom. The van der Waals surface area contributed by atoms with Gasteiger partial charge in [0.2, 0.25) is 0 Å². The SMILES string of the molecule is CSc1ccccc1NC(=O)C[NH+](Cc1ccc(F)cc1)C1CC1. The van der Waals surface area contributed by atoms with Crippen molar-refractivity contribution in [3.63, 3.8) is 0 Å². The minimum Gasteiger partial charge on any atom is -0.321 e. The molecule has 1 aliphatic rings. The highest BCUT2D eigenvalue weighted by atomic mass is 32.2. The van der Waals surface area contributed by atoms with Crippen molar-refractivity contribution in [3.05, 3.63) is 59.9 Å². The molecule has 1 saturated carbocycles. The van der Waals surface area contributed by atoms with Gasteiger partial charge < -0.3 is 10.2 Å². The molecule has 1 unspecified atom stereocenters. The van der Waals surface area contributed by atoms with E-state index in [1.54, 1.807) is 23.9 Å². The van der Waals surface area contributed by atoms with Gasteiger partial charge in [-0.2, -0.15) is 0 Å². The fraction of sp³-hybridized carbons (Fsp3) is 0.316. The normalized spacial score (nSPS) is 15.1. The van der Waals surface area contributed by atoms with Crippen molar-refractivity contribution >= 4 is 23.4 Å². The largest absolute Gasteiger partial charge is 0.321 e. The summed E-state index contributed by atoms with van der Waals surface area (Å²) in [4.78, 5) is 14.8. The van der Waals surface area contributed by atoms with Gasteiger partial charge in [-0.25, -0.2) is 4.39 Å². The molecule has 0 aliphatic heterocycles. The van der Waals surface area contributed by atoms with Crippen molar-refractivity contribution in [2.45, 2.75) is 30.3 Å². The maximum absolute atomic E-state index is 13.0. The van der Waals surface area contributed by atoms with E-state index in [4.69, 9.17) is 0 Å². The van der Waals surface area contributed by atoms with Gasteiger partial charge in [0, 0.05) is 23.3 Å². The number of halogens is 1. The minimum absolute atomic E-state index is 0.0283. The van der Waals surface area contributed by atoms with E-state index in [1.165, 1.54) is 17.0 Å². The van der Waals surface area contributed by atoms with Crippen LogP contribution < -0.4 is 10.2 Å². The van der Waals surface area contributed by atoms with Crippen LogP contribution in [-0.4, -0.2) is 24.7 Å². The first kappa shape index (κ1) is 17.0. The number of carbonyl (C=O) groups excluding carboxylic acids is 1. The lowest BCUT2D eigenvalue weighted by Crippen LogP contribution is -3.13. The lowest BCUT2D eigenvalue weighted by Gasteiger charge is -2.19. The number of hydrogen-bond acceptors (Lipinski definition) is 2. The van der Waals surface area contributed by atoms with Gasteiger partial charge in [-0.1, -0.05) is 24.3 Å². The molecule has 5 heteroatoms. The topological polar surface area (TPSA) is 33.5 Å². The Labute approximate surface area is 146 Å². The Morgan fingerprint density at radius 2 is 1.92 bits per heavy atom. The predicted molar refractivity (Wildman–Crippen MR) is 95.8 cm³/mol. The molecule has 1 aliphatic carbocycles. The van der Waals surface area contributed by atoms with Gasteiger partial charge in [0.1, 0.15) is 12.4 Å². The summed E-state index contributed by atoms with van der Waals surface area (Å²) in [6, 6.07) is 14.9. The minimum atomic E-state index is -0.224. The number of rotatable bonds is 7. The molecule has 3 rings (SSSR count). The zero-order chi connectivity index (χ0) is 16.9. The summed E-state index contributed by atoms with van der Waals surface area (Å²) in [6.07, 6.45) is 4.32. The Balaban J connectivity index is 1.63. The summed E-state index contributed by atoms with van der Waals surface area (Å²) in [5.41, 5.74) is 1.93. The molecule has 0 bridgehead atoms. The van der Waals surface area contributed by atoms with Crippen molar-refractivity contribution in [2.24, 2.45) is 0 Å². The second kappa shape index (κ2) is 7.81. The van der Waals surface area contributed by atoms with Crippen molar-refractivity contribution in [1.29, 1.82) is 0 Å². The van der Waals surface area contributed by atoms with Crippen LogP contribution in [0.15, 0.2) is 53.4 Å². The van der Waals surface area contributed by atoms with Gasteiger partial charge in [-0.15, -0.1) is 11.8 Å². The number of thioether (sulfide) groups is 1. The van der Waals surface area contributed by atoms with Crippen LogP contribution in [0.1, 0.15) is 18.4 Å². The molecule has 24 heavy (non-hydrogen) atoms. The molecule has 1 amide bonds. The van der Waals surface area contributed by atoms with Crippen molar-refractivity contribution < 1.29 is 14.1 Å². The smallest absolute Gasteiger partial charge is 0.279 e. The summed E-state index contributed by atoms with van der Waals surface area (Å²) in [7, 11) is 0.